The maximum absolute atomic E-state index is 12.2. The average molecular weight is 330 g/mol. The van der Waals surface area contributed by atoms with Gasteiger partial charge in [-0.25, -0.2) is 5.06 Å². The molecule has 0 aliphatic carbocycles. The van der Waals surface area contributed by atoms with Crippen LogP contribution in [0.1, 0.15) is 17.2 Å². The van der Waals surface area contributed by atoms with Crippen LogP contribution in [-0.2, 0) is 20.8 Å². The molecule has 1 unspecified atom stereocenters. The predicted molar refractivity (Wildman–Crippen MR) is 72.9 cm³/mol. The van der Waals surface area contributed by atoms with E-state index in [0.29, 0.717) is 12.4 Å². The fourth-order valence-corrected chi connectivity index (χ4v) is 2.62. The number of halogens is 1. The second-order valence-electron chi connectivity index (χ2n) is 4.20. The van der Waals surface area contributed by atoms with E-state index in [1.807, 2.05) is 12.1 Å². The Kier molecular flexibility index (Phi) is 4.44. The van der Waals surface area contributed by atoms with Crippen molar-refractivity contribution in [2.75, 3.05) is 27.9 Å². The van der Waals surface area contributed by atoms with Crippen LogP contribution in [0.5, 0.6) is 5.75 Å². The predicted octanol–water partition coefficient (Wildman–Crippen LogP) is 2.09. The van der Waals surface area contributed by atoms with E-state index in [9.17, 15) is 4.79 Å². The summed E-state index contributed by atoms with van der Waals surface area (Å²) in [5.41, 5.74) is 1.92. The minimum Gasteiger partial charge on any atom is -0.496 e. The number of nitrogens with zero attached hydrogens (tertiary/aromatic N) is 1. The molecule has 1 aliphatic rings. The highest BCUT2D eigenvalue weighted by Gasteiger charge is 2.31. The Labute approximate surface area is 120 Å². The number of amides is 1. The van der Waals surface area contributed by atoms with Crippen LogP contribution in [0.3, 0.4) is 0 Å². The number of hydrogen-bond acceptors (Lipinski definition) is 4. The van der Waals surface area contributed by atoms with Crippen molar-refractivity contribution < 1.29 is 19.1 Å². The Morgan fingerprint density at radius 2 is 2.21 bits per heavy atom. The summed E-state index contributed by atoms with van der Waals surface area (Å²) in [6, 6.07) is 3.81. The van der Waals surface area contributed by atoms with E-state index >= 15 is 0 Å². The van der Waals surface area contributed by atoms with E-state index in [-0.39, 0.29) is 5.91 Å². The van der Waals surface area contributed by atoms with Crippen LogP contribution in [0.15, 0.2) is 16.6 Å². The van der Waals surface area contributed by atoms with Crippen molar-refractivity contribution in [1.29, 1.82) is 0 Å². The van der Waals surface area contributed by atoms with Gasteiger partial charge in [0.15, 0.2) is 6.10 Å². The number of methoxy groups -OCH3 is 1. The average Bonchev–Trinajstić information content (AvgIpc) is 2.44. The Morgan fingerprint density at radius 1 is 1.47 bits per heavy atom. The number of hydroxylamine groups is 2. The first-order valence-corrected chi connectivity index (χ1v) is 6.67. The number of likely N-dealkylation sites (N-methyl/N-ethyl adjacent to an activating group) is 1. The summed E-state index contributed by atoms with van der Waals surface area (Å²) < 4.78 is 11.7. The molecule has 0 saturated carbocycles. The second kappa shape index (κ2) is 5.90. The number of rotatable bonds is 3. The molecule has 19 heavy (non-hydrogen) atoms. The zero-order valence-electron chi connectivity index (χ0n) is 11.1. The minimum atomic E-state index is -0.643. The van der Waals surface area contributed by atoms with Gasteiger partial charge in [0.05, 0.1) is 25.3 Å². The van der Waals surface area contributed by atoms with E-state index in [0.717, 1.165) is 22.0 Å². The maximum atomic E-state index is 12.2. The van der Waals surface area contributed by atoms with Gasteiger partial charge in [-0.05, 0) is 45.6 Å². The molecule has 0 saturated heterocycles. The van der Waals surface area contributed by atoms with Gasteiger partial charge in [0.25, 0.3) is 5.91 Å². The standard InChI is InChI=1S/C13H16BrNO4/c1-15(18-3)13(16)12-9-7-11(17-2)10(14)6-8(9)4-5-19-12/h6-7,12H,4-5H2,1-3H3. The topological polar surface area (TPSA) is 48.0 Å². The lowest BCUT2D eigenvalue weighted by molar-refractivity contribution is -0.182. The summed E-state index contributed by atoms with van der Waals surface area (Å²) in [4.78, 5) is 17.1. The lowest BCUT2D eigenvalue weighted by Crippen LogP contribution is -2.34. The Hall–Kier alpha value is -1.11. The monoisotopic (exact) mass is 329 g/mol. The largest absolute Gasteiger partial charge is 0.496 e. The molecule has 6 heteroatoms. The van der Waals surface area contributed by atoms with Crippen LogP contribution in [-0.4, -0.2) is 38.8 Å². The summed E-state index contributed by atoms with van der Waals surface area (Å²) in [5, 5.41) is 1.17. The van der Waals surface area contributed by atoms with E-state index in [1.54, 1.807) is 14.2 Å². The zero-order valence-corrected chi connectivity index (χ0v) is 12.7. The lowest BCUT2D eigenvalue weighted by Gasteiger charge is -2.28. The molecule has 0 spiro atoms. The number of benzene rings is 1. The smallest absolute Gasteiger partial charge is 0.279 e. The molecule has 104 valence electrons. The molecule has 0 bridgehead atoms. The number of hydrogen-bond donors (Lipinski definition) is 0. The van der Waals surface area contributed by atoms with Crippen molar-refractivity contribution in [1.82, 2.24) is 5.06 Å². The summed E-state index contributed by atoms with van der Waals surface area (Å²) in [6.45, 7) is 0.514. The van der Waals surface area contributed by atoms with Crippen molar-refractivity contribution in [2.45, 2.75) is 12.5 Å². The number of carbonyl (C=O) groups excluding carboxylic acids is 1. The molecule has 0 fully saturated rings. The quantitative estimate of drug-likeness (QED) is 0.797. The molecular formula is C13H16BrNO4. The van der Waals surface area contributed by atoms with Crippen LogP contribution < -0.4 is 4.74 Å². The Morgan fingerprint density at radius 3 is 2.84 bits per heavy atom. The first-order chi connectivity index (χ1) is 9.08. The number of fused-ring (bicyclic) bond motifs is 1. The van der Waals surface area contributed by atoms with Crippen molar-refractivity contribution in [3.63, 3.8) is 0 Å². The van der Waals surface area contributed by atoms with Gasteiger partial charge in [-0.3, -0.25) is 9.63 Å². The molecule has 1 heterocycles. The van der Waals surface area contributed by atoms with Crippen LogP contribution in [0.25, 0.3) is 0 Å². The SMILES string of the molecule is COc1cc2c(cc1Br)CCOC2C(=O)N(C)OC. The van der Waals surface area contributed by atoms with Crippen molar-refractivity contribution in [3.8, 4) is 5.75 Å². The van der Waals surface area contributed by atoms with Crippen molar-refractivity contribution in [2.24, 2.45) is 0 Å². The van der Waals surface area contributed by atoms with Gasteiger partial charge in [0, 0.05) is 7.05 Å². The molecule has 1 aromatic carbocycles. The summed E-state index contributed by atoms with van der Waals surface area (Å²) in [5.74, 6) is 0.454. The Balaban J connectivity index is 2.40. The van der Waals surface area contributed by atoms with Crippen molar-refractivity contribution in [3.05, 3.63) is 27.7 Å². The zero-order chi connectivity index (χ0) is 14.0. The van der Waals surface area contributed by atoms with Crippen LogP contribution in [0, 0.1) is 0 Å². The normalized spacial score (nSPS) is 17.8. The molecular weight excluding hydrogens is 314 g/mol. The number of carbonyl (C=O) groups is 1. The maximum Gasteiger partial charge on any atom is 0.279 e. The van der Waals surface area contributed by atoms with E-state index in [1.165, 1.54) is 12.2 Å². The van der Waals surface area contributed by atoms with Gasteiger partial charge < -0.3 is 9.47 Å². The third kappa shape index (κ3) is 2.75. The van der Waals surface area contributed by atoms with Gasteiger partial charge in [-0.1, -0.05) is 0 Å². The highest BCUT2D eigenvalue weighted by atomic mass is 79.9. The third-order valence-corrected chi connectivity index (χ3v) is 3.78. The van der Waals surface area contributed by atoms with Gasteiger partial charge in [-0.15, -0.1) is 0 Å². The van der Waals surface area contributed by atoms with Crippen LogP contribution >= 0.6 is 15.9 Å². The lowest BCUT2D eigenvalue weighted by atomic mass is 9.96. The van der Waals surface area contributed by atoms with Gasteiger partial charge >= 0.3 is 0 Å². The second-order valence-corrected chi connectivity index (χ2v) is 5.06. The van der Waals surface area contributed by atoms with Gasteiger partial charge in [0.1, 0.15) is 5.75 Å². The van der Waals surface area contributed by atoms with Crippen LogP contribution in [0.2, 0.25) is 0 Å². The molecule has 1 aromatic rings. The fraction of sp³-hybridized carbons (Fsp3) is 0.462. The minimum absolute atomic E-state index is 0.229. The molecule has 5 nitrogen and oxygen atoms in total. The molecule has 0 aromatic heterocycles. The molecule has 2 rings (SSSR count). The third-order valence-electron chi connectivity index (χ3n) is 3.16. The van der Waals surface area contributed by atoms with Gasteiger partial charge in [-0.2, -0.15) is 0 Å². The summed E-state index contributed by atoms with van der Waals surface area (Å²) >= 11 is 3.45. The van der Waals surface area contributed by atoms with Gasteiger partial charge in [0.2, 0.25) is 0 Å². The molecule has 1 atom stereocenters. The van der Waals surface area contributed by atoms with E-state index in [4.69, 9.17) is 14.3 Å². The Bertz CT molecular complexity index is 492. The molecule has 0 N–H and O–H groups in total. The van der Waals surface area contributed by atoms with E-state index < -0.39 is 6.10 Å². The fourth-order valence-electron chi connectivity index (χ4n) is 2.06. The first-order valence-electron chi connectivity index (χ1n) is 5.88. The molecule has 1 aliphatic heterocycles. The van der Waals surface area contributed by atoms with E-state index in [2.05, 4.69) is 15.9 Å². The molecule has 0 radical (unpaired) electrons. The molecule has 1 amide bonds. The summed E-state index contributed by atoms with van der Waals surface area (Å²) in [6.07, 6.45) is 0.133. The van der Waals surface area contributed by atoms with Crippen LogP contribution in [0.4, 0.5) is 0 Å². The number of ether oxygens (including phenoxy) is 2. The first kappa shape index (κ1) is 14.3. The van der Waals surface area contributed by atoms with Crippen molar-refractivity contribution >= 4 is 21.8 Å². The highest BCUT2D eigenvalue weighted by molar-refractivity contribution is 9.10. The highest BCUT2D eigenvalue weighted by Crippen LogP contribution is 2.36. The summed E-state index contributed by atoms with van der Waals surface area (Å²) in [7, 11) is 4.61.